The van der Waals surface area contributed by atoms with E-state index < -0.39 is 23.8 Å². The third kappa shape index (κ3) is 12.4. The maximum Gasteiger partial charge on any atom is 0.408 e. The molecule has 294 valence electrons. The van der Waals surface area contributed by atoms with E-state index in [9.17, 15) is 24.0 Å². The molecule has 2 atom stereocenters. The zero-order chi connectivity index (χ0) is 39.2. The van der Waals surface area contributed by atoms with Crippen molar-refractivity contribution in [1.82, 2.24) is 25.8 Å². The van der Waals surface area contributed by atoms with Crippen molar-refractivity contribution in [2.24, 2.45) is 0 Å². The van der Waals surface area contributed by atoms with Crippen LogP contribution in [0.1, 0.15) is 81.0 Å². The maximum atomic E-state index is 13.7. The van der Waals surface area contributed by atoms with Crippen molar-refractivity contribution in [3.05, 3.63) is 107 Å². The van der Waals surface area contributed by atoms with Crippen LogP contribution < -0.4 is 16.0 Å². The molecule has 0 aromatic heterocycles. The standard InChI is InChI=1S/C43H55N5O7/c1-43(2,3)55-42(53)46-36(40(51)45-29-35(31-14-6-4-7-15-31)32-16-8-5-9-17-32)20-12-13-23-44-41(52)37-28-33-18-10-11-19-34(33)30-48(37)39(50)22-21-38(49)47-24-26-54-27-25-47/h4-11,14-19,35-37H,12-13,20-30H2,1-3H3,(H,44,52)(H,45,51)(H,46,53)/t36-,37-/m0/s1. The second-order valence-electron chi connectivity index (χ2n) is 15.1. The highest BCUT2D eigenvalue weighted by Crippen LogP contribution is 2.26. The smallest absolute Gasteiger partial charge is 0.408 e. The predicted octanol–water partition coefficient (Wildman–Crippen LogP) is 4.71. The number of unbranched alkanes of at least 4 members (excludes halogenated alkanes) is 1. The lowest BCUT2D eigenvalue weighted by atomic mass is 9.91. The first-order valence-electron chi connectivity index (χ1n) is 19.3. The van der Waals surface area contributed by atoms with Gasteiger partial charge in [-0.3, -0.25) is 19.2 Å². The summed E-state index contributed by atoms with van der Waals surface area (Å²) in [5, 5.41) is 8.82. The van der Waals surface area contributed by atoms with Gasteiger partial charge in [0.2, 0.25) is 23.6 Å². The van der Waals surface area contributed by atoms with E-state index in [2.05, 4.69) is 16.0 Å². The molecule has 0 aliphatic carbocycles. The van der Waals surface area contributed by atoms with Crippen molar-refractivity contribution in [2.75, 3.05) is 39.4 Å². The number of nitrogens with zero attached hydrogens (tertiary/aromatic N) is 2. The molecule has 0 spiro atoms. The summed E-state index contributed by atoms with van der Waals surface area (Å²) in [6.45, 7) is 8.24. The number of fused-ring (bicyclic) bond motifs is 1. The minimum atomic E-state index is -0.860. The molecule has 3 aromatic rings. The number of hydrogen-bond donors (Lipinski definition) is 3. The summed E-state index contributed by atoms with van der Waals surface area (Å²) in [6.07, 6.45) is 1.17. The van der Waals surface area contributed by atoms with Crippen LogP contribution in [-0.4, -0.2) is 96.6 Å². The van der Waals surface area contributed by atoms with Gasteiger partial charge in [0, 0.05) is 57.9 Å². The van der Waals surface area contributed by atoms with Crippen LogP contribution in [0, 0.1) is 0 Å². The van der Waals surface area contributed by atoms with Crippen LogP contribution in [-0.2, 0) is 41.6 Å². The Morgan fingerprint density at radius 2 is 1.38 bits per heavy atom. The van der Waals surface area contributed by atoms with E-state index in [1.54, 1.807) is 30.6 Å². The minimum Gasteiger partial charge on any atom is -0.444 e. The zero-order valence-electron chi connectivity index (χ0n) is 32.3. The molecule has 5 rings (SSSR count). The summed E-state index contributed by atoms with van der Waals surface area (Å²) in [6, 6.07) is 26.1. The highest BCUT2D eigenvalue weighted by molar-refractivity contribution is 5.90. The van der Waals surface area contributed by atoms with Crippen LogP contribution in [0.4, 0.5) is 4.79 Å². The van der Waals surface area contributed by atoms with Crippen molar-refractivity contribution in [2.45, 2.75) is 89.4 Å². The van der Waals surface area contributed by atoms with Gasteiger partial charge in [0.25, 0.3) is 0 Å². The van der Waals surface area contributed by atoms with Gasteiger partial charge in [-0.2, -0.15) is 0 Å². The highest BCUT2D eigenvalue weighted by Gasteiger charge is 2.35. The van der Waals surface area contributed by atoms with Crippen LogP contribution in [0.25, 0.3) is 0 Å². The first-order chi connectivity index (χ1) is 26.5. The number of ether oxygens (including phenoxy) is 2. The third-order valence-electron chi connectivity index (χ3n) is 9.90. The minimum absolute atomic E-state index is 0.0215. The number of alkyl carbamates (subject to hydrolysis) is 1. The van der Waals surface area contributed by atoms with Gasteiger partial charge >= 0.3 is 6.09 Å². The van der Waals surface area contributed by atoms with Gasteiger partial charge in [-0.15, -0.1) is 0 Å². The molecule has 2 heterocycles. The summed E-state index contributed by atoms with van der Waals surface area (Å²) in [5.41, 5.74) is 3.38. The number of morpholine rings is 1. The maximum absolute atomic E-state index is 13.7. The number of nitrogens with one attached hydrogen (secondary N) is 3. The quantitative estimate of drug-likeness (QED) is 0.191. The van der Waals surface area contributed by atoms with E-state index in [0.717, 1.165) is 22.3 Å². The summed E-state index contributed by atoms with van der Waals surface area (Å²) in [7, 11) is 0. The highest BCUT2D eigenvalue weighted by atomic mass is 16.6. The van der Waals surface area contributed by atoms with Gasteiger partial charge in [-0.25, -0.2) is 4.79 Å². The summed E-state index contributed by atoms with van der Waals surface area (Å²) < 4.78 is 10.8. The molecule has 0 saturated carbocycles. The van der Waals surface area contributed by atoms with Gasteiger partial charge in [-0.05, 0) is 62.3 Å². The zero-order valence-corrected chi connectivity index (χ0v) is 32.3. The first-order valence-corrected chi connectivity index (χ1v) is 19.3. The van der Waals surface area contributed by atoms with E-state index in [1.807, 2.05) is 84.9 Å². The molecular weight excluding hydrogens is 699 g/mol. The van der Waals surface area contributed by atoms with Gasteiger partial charge in [0.05, 0.1) is 13.2 Å². The fourth-order valence-corrected chi connectivity index (χ4v) is 6.99. The Labute approximate surface area is 324 Å². The Kier molecular flexibility index (Phi) is 14.8. The van der Waals surface area contributed by atoms with Crippen molar-refractivity contribution >= 4 is 29.7 Å². The molecule has 1 saturated heterocycles. The Hall–Kier alpha value is -5.23. The number of amides is 5. The van der Waals surface area contributed by atoms with E-state index in [-0.39, 0.29) is 42.4 Å². The molecule has 1 fully saturated rings. The number of hydrogen-bond acceptors (Lipinski definition) is 7. The predicted molar refractivity (Wildman–Crippen MR) is 209 cm³/mol. The van der Waals surface area contributed by atoms with E-state index in [4.69, 9.17) is 9.47 Å². The molecule has 2 aliphatic rings. The lowest BCUT2D eigenvalue weighted by Crippen LogP contribution is -2.53. The molecule has 0 bridgehead atoms. The molecule has 0 radical (unpaired) electrons. The Morgan fingerprint density at radius 1 is 0.782 bits per heavy atom. The second-order valence-corrected chi connectivity index (χ2v) is 15.1. The van der Waals surface area contributed by atoms with Gasteiger partial charge in [0.1, 0.15) is 17.7 Å². The van der Waals surface area contributed by atoms with Crippen LogP contribution in [0.3, 0.4) is 0 Å². The number of benzene rings is 3. The Balaban J connectivity index is 1.17. The largest absolute Gasteiger partial charge is 0.444 e. The van der Waals surface area contributed by atoms with E-state index >= 15 is 0 Å². The van der Waals surface area contributed by atoms with Crippen molar-refractivity contribution < 1.29 is 33.4 Å². The number of carbonyl (C=O) groups excluding carboxylic acids is 5. The second kappa shape index (κ2) is 19.9. The molecule has 3 N–H and O–H groups in total. The lowest BCUT2D eigenvalue weighted by molar-refractivity contribution is -0.144. The molecule has 55 heavy (non-hydrogen) atoms. The molecule has 12 nitrogen and oxygen atoms in total. The van der Waals surface area contributed by atoms with Crippen LogP contribution >= 0.6 is 0 Å². The first kappa shape index (κ1) is 40.9. The molecule has 3 aromatic carbocycles. The van der Waals surface area contributed by atoms with Crippen LogP contribution in [0.15, 0.2) is 84.9 Å². The third-order valence-corrected chi connectivity index (χ3v) is 9.90. The normalized spacial score (nSPS) is 16.1. The average Bonchev–Trinajstić information content (AvgIpc) is 3.19. The van der Waals surface area contributed by atoms with Crippen molar-refractivity contribution in [1.29, 1.82) is 0 Å². The molecular formula is C43H55N5O7. The number of carbonyl (C=O) groups is 5. The van der Waals surface area contributed by atoms with Crippen molar-refractivity contribution in [3.8, 4) is 0 Å². The van der Waals surface area contributed by atoms with Crippen LogP contribution in [0.5, 0.6) is 0 Å². The van der Waals surface area contributed by atoms with Gasteiger partial charge < -0.3 is 35.2 Å². The Morgan fingerprint density at radius 3 is 2.02 bits per heavy atom. The fourth-order valence-electron chi connectivity index (χ4n) is 6.99. The topological polar surface area (TPSA) is 146 Å². The Bertz CT molecular complexity index is 1700. The number of rotatable bonds is 15. The summed E-state index contributed by atoms with van der Waals surface area (Å²) in [4.78, 5) is 69.7. The fraction of sp³-hybridized carbons (Fsp3) is 0.465. The van der Waals surface area contributed by atoms with E-state index in [0.29, 0.717) is 71.6 Å². The molecule has 0 unspecified atom stereocenters. The molecule has 2 aliphatic heterocycles. The van der Waals surface area contributed by atoms with Crippen molar-refractivity contribution in [3.63, 3.8) is 0 Å². The van der Waals surface area contributed by atoms with Gasteiger partial charge in [0.15, 0.2) is 0 Å². The monoisotopic (exact) mass is 753 g/mol. The lowest BCUT2D eigenvalue weighted by Gasteiger charge is -2.36. The summed E-state index contributed by atoms with van der Waals surface area (Å²) >= 11 is 0. The van der Waals surface area contributed by atoms with E-state index in [1.165, 1.54) is 0 Å². The average molecular weight is 754 g/mol. The molecule has 12 heteroatoms. The van der Waals surface area contributed by atoms with Crippen LogP contribution in [0.2, 0.25) is 0 Å². The molecule has 5 amide bonds. The SMILES string of the molecule is CC(C)(C)OC(=O)N[C@@H](CCCCNC(=O)[C@@H]1Cc2ccccc2CN1C(=O)CCC(=O)N1CCOCC1)C(=O)NCC(c1ccccc1)c1ccccc1. The summed E-state index contributed by atoms with van der Waals surface area (Å²) in [5.74, 6) is -1.01. The van der Waals surface area contributed by atoms with Gasteiger partial charge in [-0.1, -0.05) is 84.9 Å².